The molecule has 0 saturated carbocycles. The van der Waals surface area contributed by atoms with Gasteiger partial charge < -0.3 is 10.2 Å². The first-order chi connectivity index (χ1) is 16.1. The molecule has 2 amide bonds. The van der Waals surface area contributed by atoms with E-state index in [1.807, 2.05) is 45.0 Å². The summed E-state index contributed by atoms with van der Waals surface area (Å²) in [4.78, 5) is 27.6. The summed E-state index contributed by atoms with van der Waals surface area (Å²) in [5, 5.41) is 3.25. The molecule has 0 radical (unpaired) electrons. The first-order valence-corrected chi connectivity index (χ1v) is 13.7. The van der Waals surface area contributed by atoms with E-state index >= 15 is 0 Å². The molecule has 0 aliphatic heterocycles. The number of anilines is 1. The second-order valence-electron chi connectivity index (χ2n) is 8.25. The third kappa shape index (κ3) is 8.02. The first-order valence-electron chi connectivity index (χ1n) is 11.4. The Morgan fingerprint density at radius 3 is 2.38 bits per heavy atom. The molecule has 186 valence electrons. The number of aryl methyl sites for hydroxylation is 1. The van der Waals surface area contributed by atoms with Crippen molar-refractivity contribution in [1.29, 1.82) is 0 Å². The lowest BCUT2D eigenvalue weighted by atomic mass is 10.1. The van der Waals surface area contributed by atoms with Crippen molar-refractivity contribution in [3.8, 4) is 0 Å². The maximum Gasteiger partial charge on any atom is 0.242 e. The lowest BCUT2D eigenvalue weighted by molar-refractivity contribution is -0.141. The molecule has 0 bridgehead atoms. The van der Waals surface area contributed by atoms with Crippen LogP contribution in [0.5, 0.6) is 0 Å². The number of benzene rings is 2. The van der Waals surface area contributed by atoms with Crippen molar-refractivity contribution in [2.24, 2.45) is 0 Å². The summed E-state index contributed by atoms with van der Waals surface area (Å²) in [5.74, 6) is -0.387. The van der Waals surface area contributed by atoms with Gasteiger partial charge in [0.1, 0.15) is 6.04 Å². The van der Waals surface area contributed by atoms with Crippen LogP contribution in [0.4, 0.5) is 5.69 Å². The number of halogens is 1. The Bertz CT molecular complexity index is 1090. The van der Waals surface area contributed by atoms with Crippen molar-refractivity contribution in [3.63, 3.8) is 0 Å². The van der Waals surface area contributed by atoms with Gasteiger partial charge >= 0.3 is 0 Å². The van der Waals surface area contributed by atoms with Crippen molar-refractivity contribution < 1.29 is 18.0 Å². The van der Waals surface area contributed by atoms with Gasteiger partial charge in [-0.05, 0) is 50.5 Å². The Morgan fingerprint density at radius 1 is 1.09 bits per heavy atom. The number of carbonyl (C=O) groups excluding carboxylic acids is 2. The number of amides is 2. The molecule has 2 aromatic rings. The van der Waals surface area contributed by atoms with Crippen LogP contribution < -0.4 is 9.62 Å². The highest BCUT2D eigenvalue weighted by Gasteiger charge is 2.28. The van der Waals surface area contributed by atoms with Crippen LogP contribution in [0.1, 0.15) is 44.2 Å². The van der Waals surface area contributed by atoms with Crippen molar-refractivity contribution >= 4 is 39.1 Å². The molecule has 0 saturated heterocycles. The SMILES string of the molecule is CCNC(=O)C(CC)N(Cc1cccc(C)c1)C(=O)CCCN(c1cccc(Cl)c1)S(C)(=O)=O. The molecule has 0 aliphatic rings. The standard InChI is InChI=1S/C25H34ClN3O4S/c1-5-23(25(31)27-6-2)28(18-20-11-7-10-19(3)16-20)24(30)14-9-15-29(34(4,32)33)22-13-8-12-21(26)17-22/h7-8,10-13,16-17,23H,5-6,9,14-15,18H2,1-4H3,(H,27,31). The number of carbonyl (C=O) groups is 2. The summed E-state index contributed by atoms with van der Waals surface area (Å²) in [6, 6.07) is 13.8. The lowest BCUT2D eigenvalue weighted by Gasteiger charge is -2.31. The van der Waals surface area contributed by atoms with Crippen LogP contribution in [0.3, 0.4) is 0 Å². The molecule has 7 nitrogen and oxygen atoms in total. The first kappa shape index (κ1) is 27.7. The fraction of sp³-hybridized carbons (Fsp3) is 0.440. The predicted octanol–water partition coefficient (Wildman–Crippen LogP) is 4.14. The Labute approximate surface area is 208 Å². The van der Waals surface area contributed by atoms with E-state index in [4.69, 9.17) is 11.6 Å². The fourth-order valence-corrected chi connectivity index (χ4v) is 5.00. The number of hydrogen-bond acceptors (Lipinski definition) is 4. The van der Waals surface area contributed by atoms with E-state index in [0.717, 1.165) is 17.4 Å². The second kappa shape index (κ2) is 12.8. The average molecular weight is 508 g/mol. The minimum Gasteiger partial charge on any atom is -0.355 e. The summed E-state index contributed by atoms with van der Waals surface area (Å²) in [6.45, 7) is 6.60. The molecule has 1 atom stereocenters. The van der Waals surface area contributed by atoms with Crippen LogP contribution in [0, 0.1) is 6.92 Å². The molecule has 0 fully saturated rings. The van der Waals surface area contributed by atoms with Crippen LogP contribution in [0.15, 0.2) is 48.5 Å². The van der Waals surface area contributed by atoms with Crippen LogP contribution in [0.2, 0.25) is 5.02 Å². The van der Waals surface area contributed by atoms with E-state index < -0.39 is 16.1 Å². The molecule has 2 aromatic carbocycles. The number of nitrogens with zero attached hydrogens (tertiary/aromatic N) is 2. The molecular weight excluding hydrogens is 474 g/mol. The molecule has 0 heterocycles. The maximum absolute atomic E-state index is 13.3. The quantitative estimate of drug-likeness (QED) is 0.467. The number of nitrogens with one attached hydrogen (secondary N) is 1. The van der Waals surface area contributed by atoms with E-state index in [1.165, 1.54) is 4.31 Å². The van der Waals surface area contributed by atoms with Gasteiger partial charge in [0.2, 0.25) is 21.8 Å². The zero-order chi connectivity index (χ0) is 25.3. The summed E-state index contributed by atoms with van der Waals surface area (Å²) in [6.07, 6.45) is 2.01. The van der Waals surface area contributed by atoms with E-state index in [-0.39, 0.29) is 24.8 Å². The van der Waals surface area contributed by atoms with Crippen LogP contribution in [-0.4, -0.2) is 50.5 Å². The van der Waals surface area contributed by atoms with Gasteiger partial charge in [-0.1, -0.05) is 54.4 Å². The van der Waals surface area contributed by atoms with E-state index in [1.54, 1.807) is 29.2 Å². The monoisotopic (exact) mass is 507 g/mol. The van der Waals surface area contributed by atoms with E-state index in [2.05, 4.69) is 5.32 Å². The Balaban J connectivity index is 2.20. The van der Waals surface area contributed by atoms with Crippen molar-refractivity contribution in [2.75, 3.05) is 23.7 Å². The molecule has 2 rings (SSSR count). The Morgan fingerprint density at radius 2 is 1.79 bits per heavy atom. The Kier molecular flexibility index (Phi) is 10.4. The predicted molar refractivity (Wildman–Crippen MR) is 137 cm³/mol. The third-order valence-electron chi connectivity index (χ3n) is 5.42. The van der Waals surface area contributed by atoms with Crippen LogP contribution in [0.25, 0.3) is 0 Å². The van der Waals surface area contributed by atoms with Gasteiger partial charge in [-0.3, -0.25) is 13.9 Å². The highest BCUT2D eigenvalue weighted by atomic mass is 35.5. The average Bonchev–Trinajstić information content (AvgIpc) is 2.75. The van der Waals surface area contributed by atoms with Gasteiger partial charge in [0.25, 0.3) is 0 Å². The van der Waals surface area contributed by atoms with Crippen LogP contribution in [-0.2, 0) is 26.2 Å². The fourth-order valence-electron chi connectivity index (χ4n) is 3.85. The van der Waals surface area contributed by atoms with Gasteiger partial charge in [0.05, 0.1) is 11.9 Å². The topological polar surface area (TPSA) is 86.8 Å². The molecule has 9 heteroatoms. The highest BCUT2D eigenvalue weighted by Crippen LogP contribution is 2.23. The smallest absolute Gasteiger partial charge is 0.242 e. The molecular formula is C25H34ClN3O4S. The van der Waals surface area contributed by atoms with Gasteiger partial charge in [0.15, 0.2) is 0 Å². The minimum atomic E-state index is -3.56. The molecule has 0 aromatic heterocycles. The molecule has 34 heavy (non-hydrogen) atoms. The number of rotatable bonds is 12. The van der Waals surface area contributed by atoms with Crippen molar-refractivity contribution in [3.05, 3.63) is 64.7 Å². The van der Waals surface area contributed by atoms with E-state index in [9.17, 15) is 18.0 Å². The lowest BCUT2D eigenvalue weighted by Crippen LogP contribution is -2.49. The van der Waals surface area contributed by atoms with Crippen molar-refractivity contribution in [1.82, 2.24) is 10.2 Å². The maximum atomic E-state index is 13.3. The minimum absolute atomic E-state index is 0.105. The third-order valence-corrected chi connectivity index (χ3v) is 6.85. The molecule has 1 N–H and O–H groups in total. The molecule has 1 unspecified atom stereocenters. The number of hydrogen-bond donors (Lipinski definition) is 1. The van der Waals surface area contributed by atoms with Gasteiger partial charge in [-0.25, -0.2) is 8.42 Å². The van der Waals surface area contributed by atoms with E-state index in [0.29, 0.717) is 36.6 Å². The zero-order valence-corrected chi connectivity index (χ0v) is 21.8. The second-order valence-corrected chi connectivity index (χ2v) is 10.6. The summed E-state index contributed by atoms with van der Waals surface area (Å²) in [5.41, 5.74) is 2.46. The molecule has 0 aliphatic carbocycles. The number of likely N-dealkylation sites (N-methyl/N-ethyl adjacent to an activating group) is 1. The Hall–Kier alpha value is -2.58. The van der Waals surface area contributed by atoms with Gasteiger partial charge in [0, 0.05) is 31.1 Å². The summed E-state index contributed by atoms with van der Waals surface area (Å²) in [7, 11) is -3.56. The largest absolute Gasteiger partial charge is 0.355 e. The molecule has 0 spiro atoms. The summed E-state index contributed by atoms with van der Waals surface area (Å²) >= 11 is 6.04. The van der Waals surface area contributed by atoms with Crippen molar-refractivity contribution in [2.45, 2.75) is 52.6 Å². The summed E-state index contributed by atoms with van der Waals surface area (Å²) < 4.78 is 26.0. The van der Waals surface area contributed by atoms with Gasteiger partial charge in [-0.2, -0.15) is 0 Å². The van der Waals surface area contributed by atoms with Gasteiger partial charge in [-0.15, -0.1) is 0 Å². The number of sulfonamides is 1. The van der Waals surface area contributed by atoms with Crippen LogP contribution >= 0.6 is 11.6 Å². The highest BCUT2D eigenvalue weighted by molar-refractivity contribution is 7.92. The normalized spacial score (nSPS) is 12.1. The zero-order valence-electron chi connectivity index (χ0n) is 20.3.